The van der Waals surface area contributed by atoms with Crippen molar-refractivity contribution in [3.8, 4) is 11.1 Å². The lowest BCUT2D eigenvalue weighted by Crippen LogP contribution is -2.46. The number of halogens is 3. The van der Waals surface area contributed by atoms with Crippen molar-refractivity contribution >= 4 is 39.8 Å². The van der Waals surface area contributed by atoms with Gasteiger partial charge in [0.25, 0.3) is 0 Å². The van der Waals surface area contributed by atoms with Crippen LogP contribution in [0.5, 0.6) is 0 Å². The zero-order valence-electron chi connectivity index (χ0n) is 30.2. The molecule has 4 rings (SSSR count). The summed E-state index contributed by atoms with van der Waals surface area (Å²) in [5, 5.41) is 9.15. The Balaban J connectivity index is 1.74. The molecule has 2 heterocycles. The molecule has 3 aromatic rings. The predicted molar refractivity (Wildman–Crippen MR) is 200 cm³/mol. The maximum atomic E-state index is 15.8. The fourth-order valence-corrected chi connectivity index (χ4v) is 7.63. The third-order valence-corrected chi connectivity index (χ3v) is 11.1. The van der Waals surface area contributed by atoms with Crippen LogP contribution in [-0.2, 0) is 20.9 Å². The first-order valence-electron chi connectivity index (χ1n) is 16.9. The number of carboxylic acids is 1. The molecule has 0 aliphatic carbocycles. The van der Waals surface area contributed by atoms with Crippen LogP contribution >= 0.6 is 21.8 Å². The zero-order valence-corrected chi connectivity index (χ0v) is 31.9. The number of ether oxygens (including phenoxy) is 1. The van der Waals surface area contributed by atoms with Crippen LogP contribution < -0.4 is 0 Å². The molecule has 2 aromatic carbocycles. The first-order valence-corrected chi connectivity index (χ1v) is 21.1. The van der Waals surface area contributed by atoms with E-state index in [-0.39, 0.29) is 55.6 Å². The summed E-state index contributed by atoms with van der Waals surface area (Å²) in [6, 6.07) is 13.9. The van der Waals surface area contributed by atoms with E-state index in [0.29, 0.717) is 17.8 Å². The van der Waals surface area contributed by atoms with Crippen molar-refractivity contribution in [2.75, 3.05) is 62.3 Å². The summed E-state index contributed by atoms with van der Waals surface area (Å²) in [6.45, 7) is 6.35. The number of carbonyl (C=O) groups excluding carboxylic acids is 2. The summed E-state index contributed by atoms with van der Waals surface area (Å²) in [4.78, 5) is 41.4. The van der Waals surface area contributed by atoms with Gasteiger partial charge in [-0.2, -0.15) is 11.8 Å². The molecule has 13 heteroatoms. The lowest BCUT2D eigenvalue weighted by Gasteiger charge is -2.42. The van der Waals surface area contributed by atoms with E-state index >= 15 is 8.78 Å². The number of rotatable bonds is 15. The van der Waals surface area contributed by atoms with Gasteiger partial charge in [0, 0.05) is 60.1 Å². The van der Waals surface area contributed by atoms with Crippen LogP contribution in [0.1, 0.15) is 44.5 Å². The molecule has 0 unspecified atom stereocenters. The molecule has 8 nitrogen and oxygen atoms in total. The number of benzene rings is 2. The summed E-state index contributed by atoms with van der Waals surface area (Å²) in [5.41, 5.74) is 1.43. The van der Waals surface area contributed by atoms with Gasteiger partial charge >= 0.3 is 12.1 Å². The van der Waals surface area contributed by atoms with Gasteiger partial charge in [0.05, 0.1) is 24.8 Å². The van der Waals surface area contributed by atoms with E-state index in [1.54, 1.807) is 17.2 Å². The number of hydrogen-bond donors (Lipinski definition) is 1. The quantitative estimate of drug-likeness (QED) is 0.160. The number of nitrogens with zero attached hydrogens (tertiary/aromatic N) is 3. The summed E-state index contributed by atoms with van der Waals surface area (Å²) < 4.78 is 52.8. The van der Waals surface area contributed by atoms with Crippen LogP contribution in [0, 0.1) is 23.0 Å². The summed E-state index contributed by atoms with van der Waals surface area (Å²) >= 11 is 1.18. The average Bonchev–Trinajstić information content (AvgIpc) is 3.61. The second kappa shape index (κ2) is 17.3. The highest BCUT2D eigenvalue weighted by Crippen LogP contribution is 2.42. The number of amides is 2. The standard InChI is InChI=1S/C38H50F3N3O5S2/c1-38(2,3)36(33-18-27(30-19-29(39)12-13-31(30)40)21-42(33)20-26-10-8-7-9-11-26)44(34(45)25-50-16-14-35(46)47)23-28-22-43(24-32(28)41)37(48)49-15-17-51(4,5)6/h7-13,18-19,21,28,32,36H,14-17,20,22-25H2,1-6H3,(H,46,47)/t28-,32-,36-/m0/s1. The molecular formula is C38H50F3N3O5S2. The van der Waals surface area contributed by atoms with E-state index in [0.717, 1.165) is 29.5 Å². The molecule has 3 atom stereocenters. The van der Waals surface area contributed by atoms with Gasteiger partial charge in [-0.25, -0.2) is 28.0 Å². The van der Waals surface area contributed by atoms with Gasteiger partial charge in [-0.3, -0.25) is 9.59 Å². The van der Waals surface area contributed by atoms with Crippen molar-refractivity contribution in [1.29, 1.82) is 0 Å². The third kappa shape index (κ3) is 11.5. The van der Waals surface area contributed by atoms with Crippen molar-refractivity contribution in [3.05, 3.63) is 83.7 Å². The molecule has 51 heavy (non-hydrogen) atoms. The number of hydrogen-bond acceptors (Lipinski definition) is 5. The molecule has 0 bridgehead atoms. The fourth-order valence-electron chi connectivity index (χ4n) is 6.24. The fraction of sp³-hybridized carbons (Fsp3) is 0.500. The summed E-state index contributed by atoms with van der Waals surface area (Å²) in [6.07, 6.45) is 5.98. The summed E-state index contributed by atoms with van der Waals surface area (Å²) in [7, 11) is -0.889. The largest absolute Gasteiger partial charge is 0.481 e. The van der Waals surface area contributed by atoms with Gasteiger partial charge in [0.2, 0.25) is 5.91 Å². The second-order valence-corrected chi connectivity index (χ2v) is 20.7. The number of alkyl halides is 1. The number of carboxylic acid groups (broad SMARTS) is 1. The van der Waals surface area contributed by atoms with Crippen molar-refractivity contribution in [3.63, 3.8) is 0 Å². The molecule has 0 spiro atoms. The van der Waals surface area contributed by atoms with Gasteiger partial charge in [-0.1, -0.05) is 51.1 Å². The third-order valence-electron chi connectivity index (χ3n) is 8.76. The Kier molecular flexibility index (Phi) is 13.6. The van der Waals surface area contributed by atoms with E-state index in [1.807, 2.05) is 55.7 Å². The van der Waals surface area contributed by atoms with Crippen molar-refractivity contribution in [2.24, 2.45) is 11.3 Å². The lowest BCUT2D eigenvalue weighted by molar-refractivity contribution is -0.137. The van der Waals surface area contributed by atoms with Crippen molar-refractivity contribution in [2.45, 2.75) is 46.0 Å². The van der Waals surface area contributed by atoms with E-state index in [2.05, 4.69) is 18.8 Å². The van der Waals surface area contributed by atoms with Crippen LogP contribution in [0.3, 0.4) is 0 Å². The van der Waals surface area contributed by atoms with Gasteiger partial charge in [-0.05, 0) is 54.0 Å². The molecule has 1 saturated heterocycles. The monoisotopic (exact) mass is 749 g/mol. The van der Waals surface area contributed by atoms with E-state index in [4.69, 9.17) is 9.84 Å². The number of aliphatic carboxylic acids is 1. The maximum absolute atomic E-state index is 15.8. The van der Waals surface area contributed by atoms with Crippen LogP contribution in [-0.4, -0.2) is 106 Å². The maximum Gasteiger partial charge on any atom is 0.409 e. The molecule has 1 N–H and O–H groups in total. The Morgan fingerprint density at radius 1 is 1.06 bits per heavy atom. The minimum absolute atomic E-state index is 0.0302. The Morgan fingerprint density at radius 2 is 1.76 bits per heavy atom. The topological polar surface area (TPSA) is 92.1 Å². The Morgan fingerprint density at radius 3 is 2.41 bits per heavy atom. The SMILES string of the molecule is CC(C)(C)[C@H](c1cc(-c2cc(F)ccc2F)cn1Cc1ccccc1)N(C[C@@H]1CN(C(=O)OCCS(C)(C)C)C[C@@H]1F)C(=O)CSCCC(=O)O. The molecular weight excluding hydrogens is 700 g/mol. The van der Waals surface area contributed by atoms with Crippen LogP contribution in [0.2, 0.25) is 0 Å². The van der Waals surface area contributed by atoms with Crippen molar-refractivity contribution < 1.29 is 37.4 Å². The minimum Gasteiger partial charge on any atom is -0.481 e. The molecule has 280 valence electrons. The van der Waals surface area contributed by atoms with E-state index in [1.165, 1.54) is 16.7 Å². The highest BCUT2D eigenvalue weighted by molar-refractivity contribution is 8.32. The normalized spacial score (nSPS) is 17.3. The molecule has 2 amide bonds. The second-order valence-electron chi connectivity index (χ2n) is 15.0. The molecule has 1 fully saturated rings. The molecule has 1 aliphatic rings. The first-order chi connectivity index (χ1) is 23.9. The predicted octanol–water partition coefficient (Wildman–Crippen LogP) is 7.71. The van der Waals surface area contributed by atoms with Gasteiger partial charge < -0.3 is 24.2 Å². The number of thioether (sulfide) groups is 1. The van der Waals surface area contributed by atoms with Crippen molar-refractivity contribution in [1.82, 2.24) is 14.4 Å². The molecule has 1 aliphatic heterocycles. The Labute approximate surface area is 305 Å². The smallest absolute Gasteiger partial charge is 0.409 e. The number of aromatic nitrogens is 1. The first kappa shape index (κ1) is 40.2. The van der Waals surface area contributed by atoms with E-state index in [9.17, 15) is 18.8 Å². The van der Waals surface area contributed by atoms with E-state index < -0.39 is 57.3 Å². The number of likely N-dealkylation sites (tertiary alicyclic amines) is 1. The van der Waals surface area contributed by atoms with Gasteiger partial charge in [0.15, 0.2) is 0 Å². The highest BCUT2D eigenvalue weighted by Gasteiger charge is 2.43. The molecule has 0 radical (unpaired) electrons. The summed E-state index contributed by atoms with van der Waals surface area (Å²) in [5.74, 6) is -2.31. The minimum atomic E-state index is -1.42. The number of carbonyl (C=O) groups is 3. The Bertz CT molecular complexity index is 1660. The van der Waals surface area contributed by atoms with Gasteiger partial charge in [-0.15, -0.1) is 0 Å². The molecule has 0 saturated carbocycles. The zero-order chi connectivity index (χ0) is 37.5. The van der Waals surface area contributed by atoms with Gasteiger partial charge in [0.1, 0.15) is 24.4 Å². The average molecular weight is 750 g/mol. The molecule has 1 aromatic heterocycles. The lowest BCUT2D eigenvalue weighted by atomic mass is 9.82. The Hall–Kier alpha value is -3.58. The van der Waals surface area contributed by atoms with Crippen LogP contribution in [0.4, 0.5) is 18.0 Å². The van der Waals surface area contributed by atoms with Crippen LogP contribution in [0.15, 0.2) is 60.8 Å². The highest BCUT2D eigenvalue weighted by atomic mass is 32.3. The van der Waals surface area contributed by atoms with Crippen LogP contribution in [0.25, 0.3) is 11.1 Å².